The second kappa shape index (κ2) is 5.90. The normalized spacial score (nSPS) is 14.0. The van der Waals surface area contributed by atoms with E-state index >= 15 is 0 Å². The summed E-state index contributed by atoms with van der Waals surface area (Å²) in [4.78, 5) is 14.5. The Balaban J connectivity index is 1.85. The van der Waals surface area contributed by atoms with Crippen molar-refractivity contribution in [2.75, 3.05) is 0 Å². The molecule has 0 bridgehead atoms. The Hall–Kier alpha value is -1.81. The molecule has 1 saturated carbocycles. The maximum absolute atomic E-state index is 12.7. The van der Waals surface area contributed by atoms with Crippen molar-refractivity contribution in [2.45, 2.75) is 25.4 Å². The molecule has 3 nitrogen and oxygen atoms in total. The van der Waals surface area contributed by atoms with E-state index in [-0.39, 0.29) is 17.7 Å². The van der Waals surface area contributed by atoms with Gasteiger partial charge in [0.05, 0.1) is 5.56 Å². The SMILES string of the molecule is O=C(c1ccccc1O)N(Cc1cccc(Br)c1)C1CC1. The first-order chi connectivity index (χ1) is 10.1. The Morgan fingerprint density at radius 2 is 1.95 bits per heavy atom. The molecule has 4 heteroatoms. The van der Waals surface area contributed by atoms with Crippen molar-refractivity contribution >= 4 is 21.8 Å². The highest BCUT2D eigenvalue weighted by molar-refractivity contribution is 9.10. The Morgan fingerprint density at radius 3 is 2.62 bits per heavy atom. The van der Waals surface area contributed by atoms with Crippen LogP contribution in [-0.4, -0.2) is 22.0 Å². The van der Waals surface area contributed by atoms with Gasteiger partial charge in [-0.05, 0) is 42.7 Å². The lowest BCUT2D eigenvalue weighted by Crippen LogP contribution is -2.32. The molecule has 1 amide bonds. The zero-order valence-electron chi connectivity index (χ0n) is 11.5. The van der Waals surface area contributed by atoms with Crippen molar-refractivity contribution in [3.05, 3.63) is 64.1 Å². The number of benzene rings is 2. The third-order valence-corrected chi connectivity index (χ3v) is 4.12. The van der Waals surface area contributed by atoms with Crippen LogP contribution in [0.15, 0.2) is 53.0 Å². The molecule has 0 saturated heterocycles. The van der Waals surface area contributed by atoms with E-state index in [1.165, 1.54) is 0 Å². The number of phenolic OH excluding ortho intramolecular Hbond substituents is 1. The van der Waals surface area contributed by atoms with Crippen LogP contribution in [0.5, 0.6) is 5.75 Å². The molecule has 1 N–H and O–H groups in total. The lowest BCUT2D eigenvalue weighted by Gasteiger charge is -2.23. The average Bonchev–Trinajstić information content (AvgIpc) is 3.29. The zero-order valence-corrected chi connectivity index (χ0v) is 13.1. The van der Waals surface area contributed by atoms with E-state index in [0.717, 1.165) is 22.9 Å². The Morgan fingerprint density at radius 1 is 1.19 bits per heavy atom. The van der Waals surface area contributed by atoms with Crippen LogP contribution in [-0.2, 0) is 6.54 Å². The number of nitrogens with zero attached hydrogens (tertiary/aromatic N) is 1. The lowest BCUT2D eigenvalue weighted by atomic mass is 10.1. The van der Waals surface area contributed by atoms with Gasteiger partial charge in [0.2, 0.25) is 0 Å². The molecule has 2 aromatic carbocycles. The fourth-order valence-corrected chi connectivity index (χ4v) is 2.84. The van der Waals surface area contributed by atoms with E-state index in [0.29, 0.717) is 12.1 Å². The highest BCUT2D eigenvalue weighted by Gasteiger charge is 2.33. The van der Waals surface area contributed by atoms with Gasteiger partial charge in [0.15, 0.2) is 0 Å². The van der Waals surface area contributed by atoms with Crippen LogP contribution in [0.4, 0.5) is 0 Å². The van der Waals surface area contributed by atoms with Crippen LogP contribution >= 0.6 is 15.9 Å². The monoisotopic (exact) mass is 345 g/mol. The van der Waals surface area contributed by atoms with E-state index in [1.807, 2.05) is 29.2 Å². The number of carbonyl (C=O) groups is 1. The molecule has 1 fully saturated rings. The summed E-state index contributed by atoms with van der Waals surface area (Å²) < 4.78 is 1.01. The van der Waals surface area contributed by atoms with Gasteiger partial charge in [-0.2, -0.15) is 0 Å². The molecule has 0 radical (unpaired) electrons. The van der Waals surface area contributed by atoms with Gasteiger partial charge in [0, 0.05) is 17.1 Å². The quantitative estimate of drug-likeness (QED) is 0.910. The van der Waals surface area contributed by atoms with E-state index in [4.69, 9.17) is 0 Å². The van der Waals surface area contributed by atoms with Crippen molar-refractivity contribution in [3.63, 3.8) is 0 Å². The predicted molar refractivity (Wildman–Crippen MR) is 85.1 cm³/mol. The molecule has 0 aromatic heterocycles. The minimum Gasteiger partial charge on any atom is -0.507 e. The fourth-order valence-electron chi connectivity index (χ4n) is 2.39. The average molecular weight is 346 g/mol. The van der Waals surface area contributed by atoms with Gasteiger partial charge in [0.1, 0.15) is 5.75 Å². The second-order valence-corrected chi connectivity index (χ2v) is 6.23. The number of hydrogen-bond acceptors (Lipinski definition) is 2. The van der Waals surface area contributed by atoms with Crippen molar-refractivity contribution in [2.24, 2.45) is 0 Å². The van der Waals surface area contributed by atoms with Crippen LogP contribution in [0.3, 0.4) is 0 Å². The van der Waals surface area contributed by atoms with Crippen molar-refractivity contribution in [3.8, 4) is 5.75 Å². The topological polar surface area (TPSA) is 40.5 Å². The number of hydrogen-bond donors (Lipinski definition) is 1. The van der Waals surface area contributed by atoms with E-state index < -0.39 is 0 Å². The van der Waals surface area contributed by atoms with Crippen LogP contribution in [0.2, 0.25) is 0 Å². The maximum Gasteiger partial charge on any atom is 0.258 e. The molecule has 0 unspecified atom stereocenters. The van der Waals surface area contributed by atoms with Crippen LogP contribution in [0, 0.1) is 0 Å². The summed E-state index contributed by atoms with van der Waals surface area (Å²) in [6.45, 7) is 0.567. The molecule has 3 rings (SSSR count). The summed E-state index contributed by atoms with van der Waals surface area (Å²) in [5, 5.41) is 9.89. The van der Waals surface area contributed by atoms with Gasteiger partial charge in [-0.1, -0.05) is 40.2 Å². The number of rotatable bonds is 4. The highest BCUT2D eigenvalue weighted by atomic mass is 79.9. The first-order valence-electron chi connectivity index (χ1n) is 6.98. The van der Waals surface area contributed by atoms with Crippen LogP contribution < -0.4 is 0 Å². The molecule has 0 heterocycles. The Bertz CT molecular complexity index is 667. The maximum atomic E-state index is 12.7. The molecule has 0 aliphatic heterocycles. The summed E-state index contributed by atoms with van der Waals surface area (Å²) in [6, 6.07) is 15.0. The van der Waals surface area contributed by atoms with Crippen molar-refractivity contribution in [1.29, 1.82) is 0 Å². The fraction of sp³-hybridized carbons (Fsp3) is 0.235. The third-order valence-electron chi connectivity index (χ3n) is 3.62. The number of halogens is 1. The Kier molecular flexibility index (Phi) is 3.97. The van der Waals surface area contributed by atoms with E-state index in [9.17, 15) is 9.90 Å². The summed E-state index contributed by atoms with van der Waals surface area (Å²) in [6.07, 6.45) is 2.07. The predicted octanol–water partition coefficient (Wildman–Crippen LogP) is 3.96. The van der Waals surface area contributed by atoms with Gasteiger partial charge < -0.3 is 10.0 Å². The van der Waals surface area contributed by atoms with Crippen LogP contribution in [0.1, 0.15) is 28.8 Å². The molecular weight excluding hydrogens is 330 g/mol. The molecular formula is C17H16BrNO2. The first-order valence-corrected chi connectivity index (χ1v) is 7.78. The summed E-state index contributed by atoms with van der Waals surface area (Å²) >= 11 is 3.45. The number of para-hydroxylation sites is 1. The molecule has 21 heavy (non-hydrogen) atoms. The summed E-state index contributed by atoms with van der Waals surface area (Å²) in [7, 11) is 0. The summed E-state index contributed by atoms with van der Waals surface area (Å²) in [5.74, 6) is -0.0574. The lowest BCUT2D eigenvalue weighted by molar-refractivity contribution is 0.0727. The van der Waals surface area contributed by atoms with Crippen molar-refractivity contribution in [1.82, 2.24) is 4.90 Å². The van der Waals surface area contributed by atoms with Gasteiger partial charge in [-0.15, -0.1) is 0 Å². The molecule has 1 aliphatic carbocycles. The number of phenols is 1. The first kappa shape index (κ1) is 14.1. The molecule has 2 aromatic rings. The van der Waals surface area contributed by atoms with E-state index in [2.05, 4.69) is 15.9 Å². The van der Waals surface area contributed by atoms with Gasteiger partial charge in [-0.25, -0.2) is 0 Å². The second-order valence-electron chi connectivity index (χ2n) is 5.31. The van der Waals surface area contributed by atoms with Gasteiger partial charge in [-0.3, -0.25) is 4.79 Å². The molecule has 1 aliphatic rings. The molecule has 108 valence electrons. The third kappa shape index (κ3) is 3.27. The molecule has 0 spiro atoms. The van der Waals surface area contributed by atoms with Crippen molar-refractivity contribution < 1.29 is 9.90 Å². The Labute approximate surface area is 132 Å². The summed E-state index contributed by atoms with van der Waals surface area (Å²) in [5.41, 5.74) is 1.46. The van der Waals surface area contributed by atoms with Crippen LogP contribution in [0.25, 0.3) is 0 Å². The zero-order chi connectivity index (χ0) is 14.8. The number of amides is 1. The minimum atomic E-state index is -0.101. The smallest absolute Gasteiger partial charge is 0.258 e. The minimum absolute atomic E-state index is 0.0439. The standard InChI is InChI=1S/C17H16BrNO2/c18-13-5-3-4-12(10-13)11-19(14-8-9-14)17(21)15-6-1-2-7-16(15)20/h1-7,10,14,20H,8-9,11H2. The molecule has 0 atom stereocenters. The van der Waals surface area contributed by atoms with Gasteiger partial charge >= 0.3 is 0 Å². The number of aromatic hydroxyl groups is 1. The number of carbonyl (C=O) groups excluding carboxylic acids is 1. The van der Waals surface area contributed by atoms with E-state index in [1.54, 1.807) is 24.3 Å². The largest absolute Gasteiger partial charge is 0.507 e. The highest BCUT2D eigenvalue weighted by Crippen LogP contribution is 2.31. The van der Waals surface area contributed by atoms with Gasteiger partial charge in [0.25, 0.3) is 5.91 Å².